The molecule has 3 aliphatic rings. The van der Waals surface area contributed by atoms with Crippen LogP contribution in [0.2, 0.25) is 0 Å². The molecule has 118 valence electrons. The molecule has 23 heavy (non-hydrogen) atoms. The summed E-state index contributed by atoms with van der Waals surface area (Å²) in [5.41, 5.74) is 14.6. The fourth-order valence-corrected chi connectivity index (χ4v) is 4.38. The molecular weight excluding hydrogens is 278 g/mol. The molecule has 0 heterocycles. The first kappa shape index (κ1) is 14.6. The molecule has 0 radical (unpaired) electrons. The van der Waals surface area contributed by atoms with Crippen LogP contribution in [0.1, 0.15) is 44.7 Å². The van der Waals surface area contributed by atoms with Crippen molar-refractivity contribution in [3.63, 3.8) is 0 Å². The van der Waals surface area contributed by atoms with Gasteiger partial charge in [-0.2, -0.15) is 0 Å². The molecule has 0 amide bonds. The maximum Gasteiger partial charge on any atom is 0.0167 e. The molecule has 2 N–H and O–H groups in total. The van der Waals surface area contributed by atoms with Crippen molar-refractivity contribution in [3.05, 3.63) is 76.5 Å². The summed E-state index contributed by atoms with van der Waals surface area (Å²) in [6, 6.07) is 8.87. The molecule has 0 fully saturated rings. The van der Waals surface area contributed by atoms with Gasteiger partial charge in [-0.25, -0.2) is 0 Å². The van der Waals surface area contributed by atoms with Gasteiger partial charge in [0.15, 0.2) is 0 Å². The van der Waals surface area contributed by atoms with Crippen LogP contribution in [0.4, 0.5) is 0 Å². The molecule has 0 bridgehead atoms. The Morgan fingerprint density at radius 2 is 1.96 bits per heavy atom. The second-order valence-corrected chi connectivity index (χ2v) is 7.79. The summed E-state index contributed by atoms with van der Waals surface area (Å²) in [7, 11) is 0. The van der Waals surface area contributed by atoms with Gasteiger partial charge in [-0.15, -0.1) is 0 Å². The molecule has 3 aliphatic carbocycles. The fraction of sp³-hybridized carbons (Fsp3) is 0.364. The minimum Gasteiger partial charge on any atom is -0.402 e. The number of rotatable bonds is 1. The Morgan fingerprint density at radius 3 is 2.70 bits per heavy atom. The average Bonchev–Trinajstić information content (AvgIpc) is 2.76. The summed E-state index contributed by atoms with van der Waals surface area (Å²) in [5, 5.41) is 0. The van der Waals surface area contributed by atoms with Gasteiger partial charge < -0.3 is 5.73 Å². The van der Waals surface area contributed by atoms with E-state index in [1.807, 2.05) is 0 Å². The largest absolute Gasteiger partial charge is 0.402 e. The molecule has 0 saturated carbocycles. The SMILES string of the molecule is CC1C=CC(C2=C(N)CC3C(=C2)c2ccccc2C3(C)C)=CC1. The van der Waals surface area contributed by atoms with Gasteiger partial charge in [0, 0.05) is 11.3 Å². The molecule has 2 unspecified atom stereocenters. The third kappa shape index (κ3) is 2.14. The Morgan fingerprint density at radius 1 is 1.17 bits per heavy atom. The van der Waals surface area contributed by atoms with Crippen molar-refractivity contribution in [3.8, 4) is 0 Å². The molecule has 1 heteroatoms. The molecule has 1 aromatic rings. The predicted octanol–water partition coefficient (Wildman–Crippen LogP) is 5.12. The van der Waals surface area contributed by atoms with Crippen LogP contribution in [0, 0.1) is 11.8 Å². The van der Waals surface area contributed by atoms with Gasteiger partial charge in [0.25, 0.3) is 0 Å². The fourth-order valence-electron chi connectivity index (χ4n) is 4.38. The van der Waals surface area contributed by atoms with Gasteiger partial charge in [0.2, 0.25) is 0 Å². The van der Waals surface area contributed by atoms with Crippen LogP contribution < -0.4 is 5.73 Å². The average molecular weight is 303 g/mol. The molecule has 1 aromatic carbocycles. The van der Waals surface area contributed by atoms with E-state index in [4.69, 9.17) is 5.73 Å². The Balaban J connectivity index is 1.82. The minimum atomic E-state index is 0.157. The van der Waals surface area contributed by atoms with Gasteiger partial charge in [0.05, 0.1) is 0 Å². The van der Waals surface area contributed by atoms with Gasteiger partial charge in [-0.3, -0.25) is 0 Å². The summed E-state index contributed by atoms with van der Waals surface area (Å²) < 4.78 is 0. The van der Waals surface area contributed by atoms with Crippen molar-refractivity contribution >= 4 is 5.57 Å². The van der Waals surface area contributed by atoms with Crippen LogP contribution in [0.25, 0.3) is 5.57 Å². The predicted molar refractivity (Wildman–Crippen MR) is 97.8 cm³/mol. The van der Waals surface area contributed by atoms with Crippen molar-refractivity contribution in [1.29, 1.82) is 0 Å². The lowest BCUT2D eigenvalue weighted by atomic mass is 9.72. The number of nitrogens with two attached hydrogens (primary N) is 1. The zero-order chi connectivity index (χ0) is 16.2. The lowest BCUT2D eigenvalue weighted by molar-refractivity contribution is 0.406. The highest BCUT2D eigenvalue weighted by atomic mass is 14.6. The molecule has 4 rings (SSSR count). The van der Waals surface area contributed by atoms with E-state index in [0.717, 1.165) is 18.5 Å². The lowest BCUT2D eigenvalue weighted by Crippen LogP contribution is -2.27. The molecule has 0 saturated heterocycles. The maximum atomic E-state index is 6.52. The van der Waals surface area contributed by atoms with Gasteiger partial charge in [0.1, 0.15) is 0 Å². The number of allylic oxidation sites excluding steroid dienone is 8. The molecule has 0 aliphatic heterocycles. The quantitative estimate of drug-likeness (QED) is 0.766. The van der Waals surface area contributed by atoms with Crippen molar-refractivity contribution in [2.45, 2.75) is 39.0 Å². The van der Waals surface area contributed by atoms with E-state index in [0.29, 0.717) is 11.8 Å². The van der Waals surface area contributed by atoms with Crippen molar-refractivity contribution in [2.24, 2.45) is 17.6 Å². The molecule has 2 atom stereocenters. The van der Waals surface area contributed by atoms with E-state index < -0.39 is 0 Å². The molecule has 0 aromatic heterocycles. The first-order chi connectivity index (χ1) is 11.0. The van der Waals surface area contributed by atoms with E-state index in [1.165, 1.54) is 27.8 Å². The highest BCUT2D eigenvalue weighted by Crippen LogP contribution is 2.54. The van der Waals surface area contributed by atoms with Crippen LogP contribution in [-0.2, 0) is 5.41 Å². The Bertz CT molecular complexity index is 786. The van der Waals surface area contributed by atoms with Crippen molar-refractivity contribution < 1.29 is 0 Å². The van der Waals surface area contributed by atoms with Crippen molar-refractivity contribution in [2.75, 3.05) is 0 Å². The number of hydrogen-bond acceptors (Lipinski definition) is 1. The topological polar surface area (TPSA) is 26.0 Å². The number of hydrogen-bond donors (Lipinski definition) is 1. The first-order valence-electron chi connectivity index (χ1n) is 8.67. The van der Waals surface area contributed by atoms with Crippen LogP contribution in [0.15, 0.2) is 65.4 Å². The van der Waals surface area contributed by atoms with E-state index in [-0.39, 0.29) is 5.41 Å². The Hall–Kier alpha value is -2.02. The molecule has 0 spiro atoms. The zero-order valence-electron chi connectivity index (χ0n) is 14.3. The smallest absolute Gasteiger partial charge is 0.0167 e. The van der Waals surface area contributed by atoms with E-state index in [1.54, 1.807) is 0 Å². The van der Waals surface area contributed by atoms with Crippen LogP contribution in [0.3, 0.4) is 0 Å². The van der Waals surface area contributed by atoms with Crippen LogP contribution >= 0.6 is 0 Å². The van der Waals surface area contributed by atoms with E-state index in [9.17, 15) is 0 Å². The highest BCUT2D eigenvalue weighted by Gasteiger charge is 2.44. The van der Waals surface area contributed by atoms with E-state index >= 15 is 0 Å². The second kappa shape index (κ2) is 4.99. The third-order valence-corrected chi connectivity index (χ3v) is 5.87. The van der Waals surface area contributed by atoms with Crippen LogP contribution in [-0.4, -0.2) is 0 Å². The second-order valence-electron chi connectivity index (χ2n) is 7.79. The Kier molecular flexibility index (Phi) is 3.16. The Labute approximate surface area is 139 Å². The first-order valence-corrected chi connectivity index (χ1v) is 8.67. The number of benzene rings is 1. The number of fused-ring (bicyclic) bond motifs is 3. The maximum absolute atomic E-state index is 6.52. The summed E-state index contributed by atoms with van der Waals surface area (Å²) in [6.45, 7) is 6.97. The summed E-state index contributed by atoms with van der Waals surface area (Å²) in [6.07, 6.45) is 11.3. The normalized spacial score (nSPS) is 28.1. The van der Waals surface area contributed by atoms with Crippen LogP contribution in [0.5, 0.6) is 0 Å². The monoisotopic (exact) mass is 303 g/mol. The zero-order valence-corrected chi connectivity index (χ0v) is 14.3. The van der Waals surface area contributed by atoms with Gasteiger partial charge >= 0.3 is 0 Å². The van der Waals surface area contributed by atoms with E-state index in [2.05, 4.69) is 69.3 Å². The van der Waals surface area contributed by atoms with Gasteiger partial charge in [-0.05, 0) is 58.4 Å². The van der Waals surface area contributed by atoms with Crippen molar-refractivity contribution in [1.82, 2.24) is 0 Å². The lowest BCUT2D eigenvalue weighted by Gasteiger charge is -2.32. The summed E-state index contributed by atoms with van der Waals surface area (Å²) >= 11 is 0. The molecular formula is C22H25N. The summed E-state index contributed by atoms with van der Waals surface area (Å²) in [4.78, 5) is 0. The minimum absolute atomic E-state index is 0.157. The highest BCUT2D eigenvalue weighted by molar-refractivity contribution is 5.82. The molecule has 1 nitrogen and oxygen atoms in total. The van der Waals surface area contributed by atoms with Gasteiger partial charge in [-0.1, -0.05) is 63.3 Å². The summed E-state index contributed by atoms with van der Waals surface area (Å²) in [5.74, 6) is 1.13. The standard InChI is InChI=1S/C22H25N/c1-14-8-10-15(11-9-14)17-12-18-16-6-4-5-7-19(16)22(2,3)20(18)13-21(17)23/h4-8,10-12,14,20H,9,13,23H2,1-3H3. The third-order valence-electron chi connectivity index (χ3n) is 5.87.